The van der Waals surface area contributed by atoms with Gasteiger partial charge in [0.15, 0.2) is 0 Å². The Morgan fingerprint density at radius 1 is 1.50 bits per heavy atom. The predicted octanol–water partition coefficient (Wildman–Crippen LogP) is 0.363. The second-order valence-corrected chi connectivity index (χ2v) is 4.93. The van der Waals surface area contributed by atoms with Crippen LogP contribution in [0.1, 0.15) is 13.3 Å². The van der Waals surface area contributed by atoms with Crippen molar-refractivity contribution in [3.05, 3.63) is 23.8 Å². The molecule has 0 saturated heterocycles. The number of rotatable bonds is 4. The Morgan fingerprint density at radius 2 is 2.21 bits per heavy atom. The van der Waals surface area contributed by atoms with Crippen molar-refractivity contribution >= 4 is 10.8 Å². The molecule has 0 saturated carbocycles. The minimum atomic E-state index is -0.927. The highest BCUT2D eigenvalue weighted by molar-refractivity contribution is 7.85. The summed E-state index contributed by atoms with van der Waals surface area (Å²) in [7, 11) is -0.927. The molecule has 0 spiro atoms. The van der Waals surface area contributed by atoms with Crippen LogP contribution in [0.15, 0.2) is 23.8 Å². The normalized spacial score (nSPS) is 28.6. The highest BCUT2D eigenvalue weighted by Crippen LogP contribution is 2.14. The SMILES string of the molecule is CCCS(=O)CC1=CC=CC(O)C1O. The lowest BCUT2D eigenvalue weighted by Crippen LogP contribution is -2.30. The summed E-state index contributed by atoms with van der Waals surface area (Å²) in [6.45, 7) is 1.97. The Kier molecular flexibility index (Phi) is 4.51. The molecule has 0 fully saturated rings. The Labute approximate surface area is 86.6 Å². The molecule has 1 rings (SSSR count). The summed E-state index contributed by atoms with van der Waals surface area (Å²) in [5, 5.41) is 18.9. The van der Waals surface area contributed by atoms with Gasteiger partial charge in [0, 0.05) is 22.3 Å². The van der Waals surface area contributed by atoms with Gasteiger partial charge in [0.1, 0.15) is 12.2 Å². The summed E-state index contributed by atoms with van der Waals surface area (Å²) in [6.07, 6.45) is 4.07. The van der Waals surface area contributed by atoms with E-state index in [0.717, 1.165) is 6.42 Å². The summed E-state index contributed by atoms with van der Waals surface area (Å²) in [4.78, 5) is 0. The van der Waals surface area contributed by atoms with Crippen LogP contribution in [0.5, 0.6) is 0 Å². The van der Waals surface area contributed by atoms with E-state index in [1.165, 1.54) is 6.08 Å². The van der Waals surface area contributed by atoms with E-state index in [2.05, 4.69) is 0 Å². The topological polar surface area (TPSA) is 57.5 Å². The first-order chi connectivity index (χ1) is 6.65. The zero-order chi connectivity index (χ0) is 10.6. The second-order valence-electron chi connectivity index (χ2n) is 3.35. The van der Waals surface area contributed by atoms with E-state index in [1.54, 1.807) is 12.2 Å². The number of hydrogen-bond donors (Lipinski definition) is 2. The van der Waals surface area contributed by atoms with E-state index in [9.17, 15) is 14.4 Å². The van der Waals surface area contributed by atoms with E-state index in [-0.39, 0.29) is 0 Å². The summed E-state index contributed by atoms with van der Waals surface area (Å²) in [5.41, 5.74) is 0.659. The lowest BCUT2D eigenvalue weighted by molar-refractivity contribution is 0.0719. The van der Waals surface area contributed by atoms with Gasteiger partial charge in [-0.3, -0.25) is 4.21 Å². The van der Waals surface area contributed by atoms with Gasteiger partial charge in [-0.25, -0.2) is 0 Å². The van der Waals surface area contributed by atoms with Crippen molar-refractivity contribution < 1.29 is 14.4 Å². The van der Waals surface area contributed by atoms with Crippen LogP contribution < -0.4 is 0 Å². The third-order valence-electron chi connectivity index (χ3n) is 2.08. The second kappa shape index (κ2) is 5.44. The van der Waals surface area contributed by atoms with Crippen LogP contribution in [0.25, 0.3) is 0 Å². The average molecular weight is 216 g/mol. The summed E-state index contributed by atoms with van der Waals surface area (Å²) in [6, 6.07) is 0. The fraction of sp³-hybridized carbons (Fsp3) is 0.600. The van der Waals surface area contributed by atoms with Crippen LogP contribution in [0.4, 0.5) is 0 Å². The van der Waals surface area contributed by atoms with Crippen molar-refractivity contribution in [2.24, 2.45) is 0 Å². The van der Waals surface area contributed by atoms with Gasteiger partial charge in [0.25, 0.3) is 0 Å². The number of aliphatic hydroxyl groups excluding tert-OH is 2. The molecular formula is C10H16O3S. The molecule has 0 aliphatic heterocycles. The molecule has 3 unspecified atom stereocenters. The lowest BCUT2D eigenvalue weighted by atomic mass is 10.0. The summed E-state index contributed by atoms with van der Waals surface area (Å²) in [5.74, 6) is 1.00. The van der Waals surface area contributed by atoms with Crippen molar-refractivity contribution in [3.63, 3.8) is 0 Å². The highest BCUT2D eigenvalue weighted by Gasteiger charge is 2.21. The van der Waals surface area contributed by atoms with E-state index in [1.807, 2.05) is 6.92 Å². The minimum absolute atomic E-state index is 0.358. The molecule has 4 heteroatoms. The van der Waals surface area contributed by atoms with Gasteiger partial charge < -0.3 is 10.2 Å². The third kappa shape index (κ3) is 3.04. The summed E-state index contributed by atoms with van der Waals surface area (Å²) >= 11 is 0. The third-order valence-corrected chi connectivity index (χ3v) is 3.60. The maximum Gasteiger partial charge on any atom is 0.106 e. The summed E-state index contributed by atoms with van der Waals surface area (Å²) < 4.78 is 11.4. The van der Waals surface area contributed by atoms with Crippen LogP contribution >= 0.6 is 0 Å². The zero-order valence-electron chi connectivity index (χ0n) is 8.22. The maximum absolute atomic E-state index is 11.4. The van der Waals surface area contributed by atoms with Gasteiger partial charge >= 0.3 is 0 Å². The standard InChI is InChI=1S/C10H16O3S/c1-2-6-14(13)7-8-4-3-5-9(11)10(8)12/h3-5,9-12H,2,6-7H2,1H3. The van der Waals surface area contributed by atoms with Crippen molar-refractivity contribution in [3.8, 4) is 0 Å². The van der Waals surface area contributed by atoms with Crippen LogP contribution in [0.3, 0.4) is 0 Å². The van der Waals surface area contributed by atoms with Gasteiger partial charge in [-0.05, 0) is 12.0 Å². The van der Waals surface area contributed by atoms with Crippen molar-refractivity contribution in [1.29, 1.82) is 0 Å². The van der Waals surface area contributed by atoms with Gasteiger partial charge in [0.2, 0.25) is 0 Å². The molecule has 1 aliphatic rings. The van der Waals surface area contributed by atoms with Gasteiger partial charge in [-0.1, -0.05) is 25.2 Å². The van der Waals surface area contributed by atoms with E-state index < -0.39 is 23.0 Å². The van der Waals surface area contributed by atoms with E-state index >= 15 is 0 Å². The highest BCUT2D eigenvalue weighted by atomic mass is 32.2. The van der Waals surface area contributed by atoms with Gasteiger partial charge in [-0.15, -0.1) is 0 Å². The number of hydrogen-bond acceptors (Lipinski definition) is 3. The molecule has 0 radical (unpaired) electrons. The quantitative estimate of drug-likeness (QED) is 0.713. The molecule has 0 aromatic rings. The molecule has 0 amide bonds. The van der Waals surface area contributed by atoms with Crippen LogP contribution in [0.2, 0.25) is 0 Å². The fourth-order valence-corrected chi connectivity index (χ4v) is 2.57. The molecule has 0 heterocycles. The monoisotopic (exact) mass is 216 g/mol. The molecule has 1 aliphatic carbocycles. The Balaban J connectivity index is 2.55. The molecular weight excluding hydrogens is 200 g/mol. The van der Waals surface area contributed by atoms with Crippen LogP contribution in [-0.4, -0.2) is 38.1 Å². The molecule has 0 aromatic heterocycles. The van der Waals surface area contributed by atoms with Crippen molar-refractivity contribution in [2.75, 3.05) is 11.5 Å². The van der Waals surface area contributed by atoms with Crippen molar-refractivity contribution in [2.45, 2.75) is 25.6 Å². The van der Waals surface area contributed by atoms with E-state index in [0.29, 0.717) is 17.1 Å². The minimum Gasteiger partial charge on any atom is -0.386 e. The molecule has 0 bridgehead atoms. The first-order valence-electron chi connectivity index (χ1n) is 4.73. The molecule has 14 heavy (non-hydrogen) atoms. The van der Waals surface area contributed by atoms with E-state index in [4.69, 9.17) is 0 Å². The Hall–Kier alpha value is -0.450. The largest absolute Gasteiger partial charge is 0.386 e. The van der Waals surface area contributed by atoms with Crippen LogP contribution in [0, 0.1) is 0 Å². The molecule has 80 valence electrons. The Morgan fingerprint density at radius 3 is 2.86 bits per heavy atom. The van der Waals surface area contributed by atoms with Gasteiger partial charge in [-0.2, -0.15) is 0 Å². The molecule has 2 N–H and O–H groups in total. The smallest absolute Gasteiger partial charge is 0.106 e. The van der Waals surface area contributed by atoms with Crippen LogP contribution in [-0.2, 0) is 10.8 Å². The average Bonchev–Trinajstić information content (AvgIpc) is 2.13. The van der Waals surface area contributed by atoms with Crippen molar-refractivity contribution in [1.82, 2.24) is 0 Å². The molecule has 0 aromatic carbocycles. The predicted molar refractivity (Wildman–Crippen MR) is 57.4 cm³/mol. The first-order valence-corrected chi connectivity index (χ1v) is 6.22. The maximum atomic E-state index is 11.4. The molecule has 3 atom stereocenters. The fourth-order valence-electron chi connectivity index (χ4n) is 1.34. The number of aliphatic hydroxyl groups is 2. The van der Waals surface area contributed by atoms with Gasteiger partial charge in [0.05, 0.1) is 0 Å². The first kappa shape index (κ1) is 11.6. The Bertz CT molecular complexity index is 271. The zero-order valence-corrected chi connectivity index (χ0v) is 9.04. The number of allylic oxidation sites excluding steroid dienone is 2. The lowest BCUT2D eigenvalue weighted by Gasteiger charge is -2.20. The molecule has 3 nitrogen and oxygen atoms in total.